The molecule has 8 nitrogen and oxygen atoms in total. The molecule has 0 fully saturated rings. The number of aromatic nitrogens is 1. The summed E-state index contributed by atoms with van der Waals surface area (Å²) < 4.78 is 5.15. The minimum atomic E-state index is -0.811. The number of anilines is 1. The first-order valence-corrected chi connectivity index (χ1v) is 10.6. The van der Waals surface area contributed by atoms with Crippen molar-refractivity contribution in [3.63, 3.8) is 0 Å². The molecular formula is C25H27N5O3. The van der Waals surface area contributed by atoms with Gasteiger partial charge < -0.3 is 21.2 Å². The van der Waals surface area contributed by atoms with Gasteiger partial charge in [-0.05, 0) is 47.9 Å². The van der Waals surface area contributed by atoms with E-state index in [2.05, 4.69) is 20.7 Å². The average Bonchev–Trinajstić information content (AvgIpc) is 2.84. The zero-order chi connectivity index (χ0) is 23.5. The molecule has 1 heterocycles. The summed E-state index contributed by atoms with van der Waals surface area (Å²) in [6.07, 6.45) is 5.19. The van der Waals surface area contributed by atoms with Crippen molar-refractivity contribution in [2.24, 2.45) is 10.9 Å². The standard InChI is InChI=1S/C25H27N5O3/c1-2-33-25(32)23(13-20-5-4-12-27-15-20)30-24(31)21-6-3-7-22(14-21)28-16-18-8-10-19(11-9-18)17-29-26/h3-12,14-15,17,23,28H,2,13,16,26H2,1H3,(H,30,31). The zero-order valence-corrected chi connectivity index (χ0v) is 18.4. The van der Waals surface area contributed by atoms with Crippen LogP contribution in [-0.4, -0.2) is 35.7 Å². The third-order valence-electron chi connectivity index (χ3n) is 4.86. The number of carbonyl (C=O) groups is 2. The summed E-state index contributed by atoms with van der Waals surface area (Å²) in [5, 5.41) is 9.61. The number of pyridine rings is 1. The molecule has 1 atom stereocenters. The highest BCUT2D eigenvalue weighted by molar-refractivity contribution is 5.97. The van der Waals surface area contributed by atoms with Gasteiger partial charge in [-0.3, -0.25) is 9.78 Å². The fourth-order valence-electron chi connectivity index (χ4n) is 3.21. The number of benzene rings is 2. The van der Waals surface area contributed by atoms with Crippen LogP contribution in [0.2, 0.25) is 0 Å². The highest BCUT2D eigenvalue weighted by Gasteiger charge is 2.23. The number of ether oxygens (including phenoxy) is 1. The van der Waals surface area contributed by atoms with Gasteiger partial charge in [0.15, 0.2) is 0 Å². The number of amides is 1. The largest absolute Gasteiger partial charge is 0.464 e. The van der Waals surface area contributed by atoms with E-state index in [0.29, 0.717) is 18.5 Å². The summed E-state index contributed by atoms with van der Waals surface area (Å²) in [6.45, 7) is 2.55. The number of rotatable bonds is 10. The molecule has 8 heteroatoms. The molecule has 0 aliphatic carbocycles. The molecule has 0 aliphatic heterocycles. The van der Waals surface area contributed by atoms with E-state index in [1.165, 1.54) is 0 Å². The van der Waals surface area contributed by atoms with Crippen LogP contribution in [0.4, 0.5) is 5.69 Å². The minimum absolute atomic E-state index is 0.234. The first-order chi connectivity index (χ1) is 16.1. The number of nitrogens with zero attached hydrogens (tertiary/aromatic N) is 2. The van der Waals surface area contributed by atoms with Crippen LogP contribution in [-0.2, 0) is 22.5 Å². The molecule has 0 saturated heterocycles. The van der Waals surface area contributed by atoms with Crippen LogP contribution >= 0.6 is 0 Å². The van der Waals surface area contributed by atoms with Gasteiger partial charge in [-0.15, -0.1) is 0 Å². The number of hydrogen-bond donors (Lipinski definition) is 3. The van der Waals surface area contributed by atoms with Crippen LogP contribution in [0.1, 0.15) is 34.0 Å². The lowest BCUT2D eigenvalue weighted by atomic mass is 10.1. The van der Waals surface area contributed by atoms with E-state index in [1.807, 2.05) is 36.4 Å². The van der Waals surface area contributed by atoms with E-state index >= 15 is 0 Å². The van der Waals surface area contributed by atoms with Crippen molar-refractivity contribution in [2.45, 2.75) is 25.9 Å². The Morgan fingerprint density at radius 1 is 1.12 bits per heavy atom. The summed E-state index contributed by atoms with van der Waals surface area (Å²) in [6, 6.07) is 17.7. The molecule has 2 aromatic carbocycles. The normalized spacial score (nSPS) is 11.7. The Hall–Kier alpha value is -4.20. The fraction of sp³-hybridized carbons (Fsp3) is 0.200. The van der Waals surface area contributed by atoms with Crippen molar-refractivity contribution in [3.05, 3.63) is 95.3 Å². The summed E-state index contributed by atoms with van der Waals surface area (Å²) >= 11 is 0. The van der Waals surface area contributed by atoms with Crippen LogP contribution in [0, 0.1) is 0 Å². The van der Waals surface area contributed by atoms with Crippen LogP contribution < -0.4 is 16.5 Å². The Labute approximate surface area is 192 Å². The fourth-order valence-corrected chi connectivity index (χ4v) is 3.21. The van der Waals surface area contributed by atoms with Crippen LogP contribution in [0.3, 0.4) is 0 Å². The number of carbonyl (C=O) groups excluding carboxylic acids is 2. The van der Waals surface area contributed by atoms with Gasteiger partial charge in [0.05, 0.1) is 12.8 Å². The topological polar surface area (TPSA) is 119 Å². The highest BCUT2D eigenvalue weighted by Crippen LogP contribution is 2.14. The Morgan fingerprint density at radius 3 is 2.64 bits per heavy atom. The van der Waals surface area contributed by atoms with Gasteiger partial charge in [-0.1, -0.05) is 36.4 Å². The first-order valence-electron chi connectivity index (χ1n) is 10.6. The third kappa shape index (κ3) is 7.17. The van der Waals surface area contributed by atoms with Crippen molar-refractivity contribution >= 4 is 23.8 Å². The van der Waals surface area contributed by atoms with E-state index in [1.54, 1.807) is 49.8 Å². The number of nitrogens with two attached hydrogens (primary N) is 1. The SMILES string of the molecule is CCOC(=O)C(Cc1cccnc1)NC(=O)c1cccc(NCc2ccc(C=NN)cc2)c1. The second kappa shape index (κ2) is 12.0. The predicted octanol–water partition coefficient (Wildman–Crippen LogP) is 2.89. The highest BCUT2D eigenvalue weighted by atomic mass is 16.5. The van der Waals surface area contributed by atoms with Crippen molar-refractivity contribution in [1.82, 2.24) is 10.3 Å². The van der Waals surface area contributed by atoms with E-state index in [-0.39, 0.29) is 12.5 Å². The lowest BCUT2D eigenvalue weighted by Gasteiger charge is -2.17. The van der Waals surface area contributed by atoms with E-state index in [4.69, 9.17) is 10.6 Å². The third-order valence-corrected chi connectivity index (χ3v) is 4.86. The molecule has 3 aromatic rings. The maximum atomic E-state index is 12.9. The van der Waals surface area contributed by atoms with Gasteiger partial charge in [-0.25, -0.2) is 4.79 Å². The van der Waals surface area contributed by atoms with Crippen molar-refractivity contribution in [2.75, 3.05) is 11.9 Å². The van der Waals surface area contributed by atoms with Crippen LogP contribution in [0.15, 0.2) is 78.2 Å². The second-order valence-electron chi connectivity index (χ2n) is 7.30. The minimum Gasteiger partial charge on any atom is -0.464 e. The zero-order valence-electron chi connectivity index (χ0n) is 18.4. The number of hydrogen-bond acceptors (Lipinski definition) is 7. The van der Waals surface area contributed by atoms with Gasteiger partial charge in [-0.2, -0.15) is 5.10 Å². The lowest BCUT2D eigenvalue weighted by molar-refractivity contribution is -0.145. The average molecular weight is 446 g/mol. The molecule has 4 N–H and O–H groups in total. The van der Waals surface area contributed by atoms with Gasteiger partial charge in [0.1, 0.15) is 6.04 Å². The molecule has 1 aromatic heterocycles. The molecule has 1 unspecified atom stereocenters. The molecule has 33 heavy (non-hydrogen) atoms. The number of esters is 1. The predicted molar refractivity (Wildman–Crippen MR) is 128 cm³/mol. The van der Waals surface area contributed by atoms with Gasteiger partial charge in [0, 0.05) is 36.6 Å². The molecule has 0 radical (unpaired) electrons. The van der Waals surface area contributed by atoms with E-state index < -0.39 is 12.0 Å². The van der Waals surface area contributed by atoms with Crippen molar-refractivity contribution < 1.29 is 14.3 Å². The smallest absolute Gasteiger partial charge is 0.328 e. The maximum Gasteiger partial charge on any atom is 0.328 e. The number of nitrogens with one attached hydrogen (secondary N) is 2. The van der Waals surface area contributed by atoms with E-state index in [0.717, 1.165) is 22.4 Å². The van der Waals surface area contributed by atoms with Gasteiger partial charge in [0.25, 0.3) is 5.91 Å². The lowest BCUT2D eigenvalue weighted by Crippen LogP contribution is -2.43. The summed E-state index contributed by atoms with van der Waals surface area (Å²) in [5.74, 6) is 4.33. The Bertz CT molecular complexity index is 1080. The Kier molecular flexibility index (Phi) is 8.53. The van der Waals surface area contributed by atoms with Crippen LogP contribution in [0.25, 0.3) is 0 Å². The van der Waals surface area contributed by atoms with Crippen molar-refractivity contribution in [1.29, 1.82) is 0 Å². The molecule has 0 bridgehead atoms. The molecule has 3 rings (SSSR count). The van der Waals surface area contributed by atoms with Gasteiger partial charge >= 0.3 is 5.97 Å². The quantitative estimate of drug-likeness (QED) is 0.191. The van der Waals surface area contributed by atoms with E-state index in [9.17, 15) is 9.59 Å². The Balaban J connectivity index is 1.65. The first kappa shape index (κ1) is 23.5. The number of hydrazone groups is 1. The van der Waals surface area contributed by atoms with Crippen molar-refractivity contribution in [3.8, 4) is 0 Å². The van der Waals surface area contributed by atoms with Crippen LogP contribution in [0.5, 0.6) is 0 Å². The second-order valence-corrected chi connectivity index (χ2v) is 7.30. The molecule has 0 aliphatic rings. The molecule has 1 amide bonds. The molecular weight excluding hydrogens is 418 g/mol. The molecule has 0 spiro atoms. The Morgan fingerprint density at radius 2 is 1.94 bits per heavy atom. The summed E-state index contributed by atoms with van der Waals surface area (Å²) in [5.41, 5.74) is 4.04. The summed E-state index contributed by atoms with van der Waals surface area (Å²) in [4.78, 5) is 29.4. The van der Waals surface area contributed by atoms with Gasteiger partial charge in [0.2, 0.25) is 0 Å². The monoisotopic (exact) mass is 445 g/mol. The maximum absolute atomic E-state index is 12.9. The molecule has 170 valence electrons. The molecule has 0 saturated carbocycles. The summed E-state index contributed by atoms with van der Waals surface area (Å²) in [7, 11) is 0.